The zero-order valence-corrected chi connectivity index (χ0v) is 16.9. The minimum Gasteiger partial charge on any atom is -0.314 e. The number of hydrazine groups is 1. The number of nitriles is 1. The topological polar surface area (TPSA) is 121 Å². The molecule has 30 heavy (non-hydrogen) atoms. The van der Waals surface area contributed by atoms with Gasteiger partial charge in [0.05, 0.1) is 29.9 Å². The van der Waals surface area contributed by atoms with Crippen LogP contribution in [-0.2, 0) is 5.54 Å². The highest BCUT2D eigenvalue weighted by Crippen LogP contribution is 2.34. The van der Waals surface area contributed by atoms with Crippen LogP contribution in [0.2, 0.25) is 0 Å². The molecule has 9 heteroatoms. The van der Waals surface area contributed by atoms with Gasteiger partial charge in [0.15, 0.2) is 0 Å². The number of hydrogen-bond acceptors (Lipinski definition) is 8. The Kier molecular flexibility index (Phi) is 4.72. The Morgan fingerprint density at radius 1 is 1.37 bits per heavy atom. The molecular formula is C21H25N9. The number of nitrogens with zero attached hydrogens (tertiary/aromatic N) is 6. The molecule has 2 saturated heterocycles. The molecule has 2 aliphatic rings. The van der Waals surface area contributed by atoms with E-state index in [9.17, 15) is 5.26 Å². The number of hydrogen-bond donors (Lipinski definition) is 3. The molecule has 2 aliphatic heterocycles. The molecule has 0 amide bonds. The summed E-state index contributed by atoms with van der Waals surface area (Å²) in [5, 5.41) is 15.2. The molecule has 2 unspecified atom stereocenters. The van der Waals surface area contributed by atoms with E-state index in [2.05, 4.69) is 33.7 Å². The Morgan fingerprint density at radius 2 is 2.23 bits per heavy atom. The summed E-state index contributed by atoms with van der Waals surface area (Å²) < 4.78 is 1.96. The van der Waals surface area contributed by atoms with Crippen LogP contribution < -0.4 is 16.6 Å². The van der Waals surface area contributed by atoms with E-state index in [1.165, 1.54) is 0 Å². The van der Waals surface area contributed by atoms with Crippen molar-refractivity contribution in [3.8, 4) is 17.5 Å². The molecule has 3 aromatic heterocycles. The lowest BCUT2D eigenvalue weighted by Crippen LogP contribution is -2.62. The fraction of sp³-hybridized carbons (Fsp3) is 0.429. The number of aromatic nitrogens is 4. The van der Waals surface area contributed by atoms with Crippen molar-refractivity contribution >= 4 is 10.9 Å². The van der Waals surface area contributed by atoms with Crippen molar-refractivity contribution in [2.75, 3.05) is 26.2 Å². The van der Waals surface area contributed by atoms with Crippen molar-refractivity contribution in [3.63, 3.8) is 0 Å². The molecular weight excluding hydrogens is 378 g/mol. The van der Waals surface area contributed by atoms with E-state index in [0.29, 0.717) is 13.0 Å². The quantitative estimate of drug-likeness (QED) is 0.575. The van der Waals surface area contributed by atoms with Crippen molar-refractivity contribution in [1.29, 1.82) is 5.26 Å². The Hall–Kier alpha value is -2.90. The van der Waals surface area contributed by atoms with Crippen molar-refractivity contribution in [2.45, 2.75) is 31.0 Å². The molecule has 5 heterocycles. The van der Waals surface area contributed by atoms with E-state index < -0.39 is 0 Å². The van der Waals surface area contributed by atoms with Gasteiger partial charge in [0, 0.05) is 43.3 Å². The molecule has 0 bridgehead atoms. The molecule has 2 atom stereocenters. The van der Waals surface area contributed by atoms with Crippen LogP contribution in [0.5, 0.6) is 0 Å². The number of likely N-dealkylation sites (tertiary alicyclic amines) is 1. The number of pyridine rings is 2. The maximum absolute atomic E-state index is 9.38. The van der Waals surface area contributed by atoms with Crippen LogP contribution in [0.25, 0.3) is 22.3 Å². The molecule has 3 aromatic rings. The maximum atomic E-state index is 9.38. The number of rotatable bonds is 5. The summed E-state index contributed by atoms with van der Waals surface area (Å²) in [6.45, 7) is 5.49. The van der Waals surface area contributed by atoms with Gasteiger partial charge in [-0.15, -0.1) is 0 Å². The molecule has 5 rings (SSSR count). The molecule has 154 valence electrons. The number of likely N-dealkylation sites (N-methyl/N-ethyl adjacent to an activating group) is 1. The second-order valence-corrected chi connectivity index (χ2v) is 8.13. The van der Waals surface area contributed by atoms with E-state index >= 15 is 0 Å². The third-order valence-corrected chi connectivity index (χ3v) is 6.23. The highest BCUT2D eigenvalue weighted by molar-refractivity contribution is 5.91. The SMILES string of the molecule is CCN1CC(CC#N)(n2ccc(-c3nc(C4CNNC4N)cc4ncccc34)n2)C1. The minimum atomic E-state index is -0.268. The monoisotopic (exact) mass is 403 g/mol. The molecule has 0 radical (unpaired) electrons. The van der Waals surface area contributed by atoms with Crippen LogP contribution in [0.4, 0.5) is 0 Å². The van der Waals surface area contributed by atoms with Crippen molar-refractivity contribution in [1.82, 2.24) is 35.5 Å². The van der Waals surface area contributed by atoms with Crippen LogP contribution in [0.3, 0.4) is 0 Å². The van der Waals surface area contributed by atoms with Gasteiger partial charge in [0.25, 0.3) is 0 Å². The first-order valence-electron chi connectivity index (χ1n) is 10.3. The van der Waals surface area contributed by atoms with Crippen molar-refractivity contribution < 1.29 is 0 Å². The van der Waals surface area contributed by atoms with Gasteiger partial charge in [-0.05, 0) is 30.8 Å². The van der Waals surface area contributed by atoms with E-state index in [-0.39, 0.29) is 17.6 Å². The Bertz CT molecular complexity index is 1110. The fourth-order valence-corrected chi connectivity index (χ4v) is 4.49. The van der Waals surface area contributed by atoms with Crippen LogP contribution in [0.15, 0.2) is 36.7 Å². The highest BCUT2D eigenvalue weighted by atomic mass is 15.4. The largest absolute Gasteiger partial charge is 0.314 e. The summed E-state index contributed by atoms with van der Waals surface area (Å²) in [4.78, 5) is 11.8. The van der Waals surface area contributed by atoms with Gasteiger partial charge in [-0.1, -0.05) is 6.92 Å². The molecule has 0 spiro atoms. The van der Waals surface area contributed by atoms with E-state index in [1.807, 2.05) is 35.1 Å². The van der Waals surface area contributed by atoms with Crippen LogP contribution >= 0.6 is 0 Å². The second-order valence-electron chi connectivity index (χ2n) is 8.13. The molecule has 9 nitrogen and oxygen atoms in total. The van der Waals surface area contributed by atoms with Crippen molar-refractivity contribution in [3.05, 3.63) is 42.4 Å². The summed E-state index contributed by atoms with van der Waals surface area (Å²) >= 11 is 0. The summed E-state index contributed by atoms with van der Waals surface area (Å²) in [5.74, 6) is 0.0481. The Balaban J connectivity index is 1.57. The lowest BCUT2D eigenvalue weighted by molar-refractivity contribution is 0.00964. The van der Waals surface area contributed by atoms with Gasteiger partial charge in [0.1, 0.15) is 16.9 Å². The average Bonchev–Trinajstić information content (AvgIpc) is 3.39. The Morgan fingerprint density at radius 3 is 2.97 bits per heavy atom. The molecule has 4 N–H and O–H groups in total. The standard InChI is InChI=1S/C21H25N9/c1-2-29-12-21(13-29,6-7-22)30-9-5-16(28-30)19-14-4-3-8-24-17(14)10-18(26-19)15-11-25-27-20(15)23/h3-5,8-10,15,20,25,27H,2,6,11-13,23H2,1H3. The first-order chi connectivity index (χ1) is 14.6. The number of nitrogens with two attached hydrogens (primary N) is 1. The predicted octanol–water partition coefficient (Wildman–Crippen LogP) is 0.914. The first-order valence-corrected chi connectivity index (χ1v) is 10.3. The van der Waals surface area contributed by atoms with E-state index in [1.54, 1.807) is 6.20 Å². The number of nitrogens with one attached hydrogen (secondary N) is 2. The van der Waals surface area contributed by atoms with Crippen LogP contribution in [0, 0.1) is 11.3 Å². The van der Waals surface area contributed by atoms with Crippen LogP contribution in [-0.4, -0.2) is 57.0 Å². The summed E-state index contributed by atoms with van der Waals surface area (Å²) in [6.07, 6.45) is 3.99. The number of fused-ring (bicyclic) bond motifs is 1. The average molecular weight is 403 g/mol. The fourth-order valence-electron chi connectivity index (χ4n) is 4.49. The lowest BCUT2D eigenvalue weighted by atomic mass is 9.87. The zero-order chi connectivity index (χ0) is 20.7. The van der Waals surface area contributed by atoms with Gasteiger partial charge in [-0.2, -0.15) is 10.4 Å². The van der Waals surface area contributed by atoms with E-state index in [4.69, 9.17) is 15.8 Å². The maximum Gasteiger partial charge on any atom is 0.111 e. The van der Waals surface area contributed by atoms with E-state index in [0.717, 1.165) is 47.6 Å². The minimum absolute atomic E-state index is 0.0481. The van der Waals surface area contributed by atoms with Gasteiger partial charge >= 0.3 is 0 Å². The Labute approximate surface area is 174 Å². The second kappa shape index (κ2) is 7.41. The summed E-state index contributed by atoms with van der Waals surface area (Å²) in [5.41, 5.74) is 15.4. The lowest BCUT2D eigenvalue weighted by Gasteiger charge is -2.48. The molecule has 0 aliphatic carbocycles. The highest BCUT2D eigenvalue weighted by Gasteiger charge is 2.44. The molecule has 2 fully saturated rings. The predicted molar refractivity (Wildman–Crippen MR) is 113 cm³/mol. The zero-order valence-electron chi connectivity index (χ0n) is 16.9. The molecule has 0 aromatic carbocycles. The van der Waals surface area contributed by atoms with Gasteiger partial charge < -0.3 is 5.73 Å². The normalized spacial score (nSPS) is 23.4. The summed E-state index contributed by atoms with van der Waals surface area (Å²) in [7, 11) is 0. The van der Waals surface area contributed by atoms with Gasteiger partial charge in [-0.25, -0.2) is 10.4 Å². The smallest absolute Gasteiger partial charge is 0.111 e. The van der Waals surface area contributed by atoms with Crippen LogP contribution in [0.1, 0.15) is 25.0 Å². The third-order valence-electron chi connectivity index (χ3n) is 6.23. The third kappa shape index (κ3) is 3.05. The molecule has 0 saturated carbocycles. The first kappa shape index (κ1) is 19.1. The summed E-state index contributed by atoms with van der Waals surface area (Å²) in [6, 6.07) is 10.3. The van der Waals surface area contributed by atoms with Crippen molar-refractivity contribution in [2.24, 2.45) is 5.73 Å². The van der Waals surface area contributed by atoms with Gasteiger partial charge in [-0.3, -0.25) is 20.0 Å². The van der Waals surface area contributed by atoms with Gasteiger partial charge in [0.2, 0.25) is 0 Å².